The topological polar surface area (TPSA) is 38.3 Å². The number of carbonyl (C=O) groups is 1. The Labute approximate surface area is 118 Å². The monoisotopic (exact) mass is 279 g/mol. The third-order valence-corrected chi connectivity index (χ3v) is 4.59. The van der Waals surface area contributed by atoms with Crippen LogP contribution in [-0.4, -0.2) is 25.7 Å². The van der Waals surface area contributed by atoms with Crippen LogP contribution in [0.3, 0.4) is 0 Å². The van der Waals surface area contributed by atoms with Crippen LogP contribution in [0.1, 0.15) is 39.7 Å². The molecule has 0 aromatic heterocycles. The quantitative estimate of drug-likeness (QED) is 0.846. The van der Waals surface area contributed by atoms with Gasteiger partial charge in [0.2, 0.25) is 0 Å². The Morgan fingerprint density at radius 1 is 1.42 bits per heavy atom. The zero-order valence-corrected chi connectivity index (χ0v) is 11.6. The van der Waals surface area contributed by atoms with Gasteiger partial charge >= 0.3 is 0 Å². The predicted octanol–water partition coefficient (Wildman–Crippen LogP) is 2.68. The van der Waals surface area contributed by atoms with Crippen LogP contribution in [-0.2, 0) is 11.2 Å². The summed E-state index contributed by atoms with van der Waals surface area (Å²) in [5.74, 6) is 0.384. The molecule has 0 spiro atoms. The van der Waals surface area contributed by atoms with Gasteiger partial charge in [-0.2, -0.15) is 0 Å². The third kappa shape index (κ3) is 2.63. The van der Waals surface area contributed by atoms with Gasteiger partial charge in [0.25, 0.3) is 5.91 Å². The molecular weight excluding hydrogens is 262 g/mol. The van der Waals surface area contributed by atoms with Crippen LogP contribution in [0.15, 0.2) is 18.2 Å². The molecule has 3 nitrogen and oxygen atoms in total. The summed E-state index contributed by atoms with van der Waals surface area (Å²) in [6.45, 7) is 2.26. The Balaban J connectivity index is 1.89. The molecule has 19 heavy (non-hydrogen) atoms. The molecule has 1 aromatic rings. The van der Waals surface area contributed by atoms with Gasteiger partial charge in [0.05, 0.1) is 12.0 Å². The molecule has 2 aliphatic heterocycles. The van der Waals surface area contributed by atoms with Crippen molar-refractivity contribution >= 4 is 17.5 Å². The van der Waals surface area contributed by atoms with E-state index in [1.807, 2.05) is 6.07 Å². The number of halogens is 1. The van der Waals surface area contributed by atoms with Gasteiger partial charge < -0.3 is 10.1 Å². The van der Waals surface area contributed by atoms with E-state index in [1.54, 1.807) is 0 Å². The minimum absolute atomic E-state index is 0.0286. The number of amides is 1. The number of hydrogen-bond donors (Lipinski definition) is 1. The molecule has 0 bridgehead atoms. The zero-order chi connectivity index (χ0) is 13.2. The first-order chi connectivity index (χ1) is 9.25. The number of aryl methyl sites for hydroxylation is 1. The summed E-state index contributed by atoms with van der Waals surface area (Å²) >= 11 is 6.53. The van der Waals surface area contributed by atoms with Crippen LogP contribution < -0.4 is 5.32 Å². The van der Waals surface area contributed by atoms with E-state index in [-0.39, 0.29) is 11.3 Å². The average molecular weight is 280 g/mol. The molecule has 2 heterocycles. The maximum absolute atomic E-state index is 12.0. The smallest absolute Gasteiger partial charge is 0.251 e. The Bertz CT molecular complexity index is 483. The maximum Gasteiger partial charge on any atom is 0.251 e. The Kier molecular flexibility index (Phi) is 3.76. The Hall–Kier alpha value is -1.06. The van der Waals surface area contributed by atoms with Gasteiger partial charge in [0.15, 0.2) is 0 Å². The summed E-state index contributed by atoms with van der Waals surface area (Å²) in [4.78, 5) is 12.0. The van der Waals surface area contributed by atoms with Crippen molar-refractivity contribution in [2.75, 3.05) is 19.8 Å². The lowest BCUT2D eigenvalue weighted by molar-refractivity contribution is 0.0956. The summed E-state index contributed by atoms with van der Waals surface area (Å²) in [6.07, 6.45) is 2.95. The molecular formula is C15H18ClNO2. The number of ether oxygens (including phenoxy) is 1. The SMILES string of the molecule is O=C1NCCCc2ccc(C(Cl)C3CCOC3)cc21. The molecule has 0 radical (unpaired) electrons. The number of carbonyl (C=O) groups excluding carboxylic acids is 1. The van der Waals surface area contributed by atoms with Gasteiger partial charge in [-0.1, -0.05) is 12.1 Å². The van der Waals surface area contributed by atoms with Crippen LogP contribution in [0.2, 0.25) is 0 Å². The number of benzene rings is 1. The lowest BCUT2D eigenvalue weighted by Crippen LogP contribution is -2.23. The van der Waals surface area contributed by atoms with Crippen molar-refractivity contribution < 1.29 is 9.53 Å². The highest BCUT2D eigenvalue weighted by atomic mass is 35.5. The van der Waals surface area contributed by atoms with E-state index in [9.17, 15) is 4.79 Å². The number of hydrogen-bond acceptors (Lipinski definition) is 2. The third-order valence-electron chi connectivity index (χ3n) is 3.98. The molecule has 1 saturated heterocycles. The number of rotatable bonds is 2. The van der Waals surface area contributed by atoms with Gasteiger partial charge in [0, 0.05) is 24.6 Å². The van der Waals surface area contributed by atoms with Gasteiger partial charge in [-0.3, -0.25) is 4.79 Å². The second kappa shape index (κ2) is 5.51. The second-order valence-corrected chi connectivity index (χ2v) is 5.77. The van der Waals surface area contributed by atoms with Crippen molar-refractivity contribution in [1.82, 2.24) is 5.32 Å². The van der Waals surface area contributed by atoms with Crippen molar-refractivity contribution in [2.45, 2.75) is 24.6 Å². The summed E-state index contributed by atoms with van der Waals surface area (Å²) < 4.78 is 5.39. The van der Waals surface area contributed by atoms with Crippen molar-refractivity contribution in [3.05, 3.63) is 34.9 Å². The number of fused-ring (bicyclic) bond motifs is 1. The summed E-state index contributed by atoms with van der Waals surface area (Å²) in [6, 6.07) is 6.08. The fourth-order valence-electron chi connectivity index (χ4n) is 2.83. The second-order valence-electron chi connectivity index (χ2n) is 5.30. The molecule has 0 aliphatic carbocycles. The van der Waals surface area contributed by atoms with Gasteiger partial charge in [-0.25, -0.2) is 0 Å². The van der Waals surface area contributed by atoms with E-state index in [2.05, 4.69) is 17.4 Å². The highest BCUT2D eigenvalue weighted by molar-refractivity contribution is 6.21. The minimum Gasteiger partial charge on any atom is -0.381 e. The predicted molar refractivity (Wildman–Crippen MR) is 74.6 cm³/mol. The molecule has 1 fully saturated rings. The Morgan fingerprint density at radius 3 is 3.11 bits per heavy atom. The van der Waals surface area contributed by atoms with Crippen molar-refractivity contribution in [3.8, 4) is 0 Å². The molecule has 2 unspecified atom stereocenters. The molecule has 1 aromatic carbocycles. The number of alkyl halides is 1. The van der Waals surface area contributed by atoms with Gasteiger partial charge in [-0.15, -0.1) is 11.6 Å². The summed E-state index contributed by atoms with van der Waals surface area (Å²) in [5.41, 5.74) is 2.96. The minimum atomic E-state index is -0.0659. The van der Waals surface area contributed by atoms with Crippen LogP contribution in [0.25, 0.3) is 0 Å². The van der Waals surface area contributed by atoms with E-state index < -0.39 is 0 Å². The van der Waals surface area contributed by atoms with Gasteiger partial charge in [-0.05, 0) is 36.5 Å². The lowest BCUT2D eigenvalue weighted by atomic mass is 9.94. The maximum atomic E-state index is 12.0. The van der Waals surface area contributed by atoms with Crippen molar-refractivity contribution in [3.63, 3.8) is 0 Å². The fourth-order valence-corrected chi connectivity index (χ4v) is 3.16. The first-order valence-electron chi connectivity index (χ1n) is 6.88. The summed E-state index contributed by atoms with van der Waals surface area (Å²) in [5, 5.41) is 2.86. The van der Waals surface area contributed by atoms with Crippen LogP contribution in [0, 0.1) is 5.92 Å². The van der Waals surface area contributed by atoms with Crippen LogP contribution in [0.4, 0.5) is 0 Å². The first kappa shape index (κ1) is 12.9. The molecule has 2 atom stereocenters. The molecule has 1 amide bonds. The van der Waals surface area contributed by atoms with E-state index in [1.165, 1.54) is 0 Å². The molecule has 1 N–H and O–H groups in total. The standard InChI is InChI=1S/C15H18ClNO2/c16-14(12-5-7-19-9-12)11-4-3-10-2-1-6-17-15(18)13(10)8-11/h3-4,8,12,14H,1-2,5-7,9H2,(H,17,18). The largest absolute Gasteiger partial charge is 0.381 e. The molecule has 102 valence electrons. The number of nitrogens with one attached hydrogen (secondary N) is 1. The van der Waals surface area contributed by atoms with Crippen molar-refractivity contribution in [2.24, 2.45) is 5.92 Å². The average Bonchev–Trinajstić information content (AvgIpc) is 2.90. The molecule has 4 heteroatoms. The van der Waals surface area contributed by atoms with Crippen LogP contribution >= 0.6 is 11.6 Å². The highest BCUT2D eigenvalue weighted by Gasteiger charge is 2.26. The molecule has 2 aliphatic rings. The Morgan fingerprint density at radius 2 is 2.32 bits per heavy atom. The van der Waals surface area contributed by atoms with Crippen LogP contribution in [0.5, 0.6) is 0 Å². The summed E-state index contributed by atoms with van der Waals surface area (Å²) in [7, 11) is 0. The molecule has 3 rings (SSSR count). The first-order valence-corrected chi connectivity index (χ1v) is 7.32. The highest BCUT2D eigenvalue weighted by Crippen LogP contribution is 2.35. The normalized spacial score (nSPS) is 24.5. The zero-order valence-electron chi connectivity index (χ0n) is 10.8. The lowest BCUT2D eigenvalue weighted by Gasteiger charge is -2.17. The molecule has 0 saturated carbocycles. The fraction of sp³-hybridized carbons (Fsp3) is 0.533. The van der Waals surface area contributed by atoms with E-state index >= 15 is 0 Å². The van der Waals surface area contributed by atoms with E-state index in [0.717, 1.165) is 55.7 Å². The van der Waals surface area contributed by atoms with E-state index in [4.69, 9.17) is 16.3 Å². The van der Waals surface area contributed by atoms with Crippen molar-refractivity contribution in [1.29, 1.82) is 0 Å². The van der Waals surface area contributed by atoms with E-state index in [0.29, 0.717) is 5.92 Å². The van der Waals surface area contributed by atoms with Gasteiger partial charge in [0.1, 0.15) is 0 Å².